The van der Waals surface area contributed by atoms with Crippen LogP contribution in [0.4, 0.5) is 24.8 Å². The molecular weight excluding hydrogens is 333 g/mol. The van der Waals surface area contributed by atoms with E-state index < -0.39 is 23.4 Å². The maximum atomic E-state index is 13.7. The van der Waals surface area contributed by atoms with Crippen LogP contribution in [0.5, 0.6) is 0 Å². The van der Waals surface area contributed by atoms with Crippen LogP contribution in [-0.2, 0) is 0 Å². The molecule has 0 atom stereocenters. The van der Waals surface area contributed by atoms with Crippen LogP contribution in [0, 0.1) is 17.5 Å². The number of nitrogen functional groups attached to an aromatic ring is 1. The number of amides is 1. The molecule has 0 radical (unpaired) electrons. The molecule has 0 saturated heterocycles. The topological polar surface area (TPSA) is 83.8 Å². The predicted molar refractivity (Wildman–Crippen MR) is 79.8 cm³/mol. The second-order valence-electron chi connectivity index (χ2n) is 4.65. The van der Waals surface area contributed by atoms with Crippen LogP contribution < -0.4 is 11.1 Å². The average Bonchev–Trinajstić information content (AvgIpc) is 2.88. The minimum Gasteiger partial charge on any atom is -0.369 e. The summed E-state index contributed by atoms with van der Waals surface area (Å²) >= 11 is 5.62. The standard InChI is InChI=1S/C14H8ClF3N4O/c15-7-3-5(1-2-8(7)16)20-13(23)6-4-9(17)10(18)12-11(6)21-14(19)22-12/h1-4H,(H,20,23)(H3,19,21,22). The molecule has 3 rings (SSSR count). The van der Waals surface area contributed by atoms with Gasteiger partial charge in [-0.15, -0.1) is 0 Å². The molecule has 2 aromatic carbocycles. The van der Waals surface area contributed by atoms with Gasteiger partial charge in [0.2, 0.25) is 0 Å². The Morgan fingerprint density at radius 2 is 1.96 bits per heavy atom. The summed E-state index contributed by atoms with van der Waals surface area (Å²) in [5.74, 6) is -4.04. The van der Waals surface area contributed by atoms with Crippen molar-refractivity contribution in [3.8, 4) is 0 Å². The number of benzene rings is 2. The van der Waals surface area contributed by atoms with Crippen molar-refractivity contribution < 1.29 is 18.0 Å². The number of hydrogen-bond acceptors (Lipinski definition) is 3. The molecule has 1 heterocycles. The molecule has 118 valence electrons. The lowest BCUT2D eigenvalue weighted by molar-refractivity contribution is 0.102. The molecule has 0 spiro atoms. The molecule has 5 nitrogen and oxygen atoms in total. The van der Waals surface area contributed by atoms with E-state index in [0.29, 0.717) is 0 Å². The van der Waals surface area contributed by atoms with Gasteiger partial charge in [0.25, 0.3) is 5.91 Å². The van der Waals surface area contributed by atoms with Crippen LogP contribution in [-0.4, -0.2) is 15.9 Å². The molecule has 0 aliphatic carbocycles. The van der Waals surface area contributed by atoms with E-state index in [1.807, 2.05) is 0 Å². The number of nitrogens with zero attached hydrogens (tertiary/aromatic N) is 1. The number of aromatic amines is 1. The summed E-state index contributed by atoms with van der Waals surface area (Å²) in [6.07, 6.45) is 0. The van der Waals surface area contributed by atoms with Crippen LogP contribution in [0.25, 0.3) is 11.0 Å². The molecular formula is C14H8ClF3N4O. The van der Waals surface area contributed by atoms with E-state index >= 15 is 0 Å². The third kappa shape index (κ3) is 2.68. The van der Waals surface area contributed by atoms with Gasteiger partial charge < -0.3 is 16.0 Å². The number of fused-ring (bicyclic) bond motifs is 1. The lowest BCUT2D eigenvalue weighted by atomic mass is 10.1. The Bertz CT molecular complexity index is 941. The summed E-state index contributed by atoms with van der Waals surface area (Å²) in [6.45, 7) is 0. The van der Waals surface area contributed by atoms with Crippen molar-refractivity contribution in [3.05, 3.63) is 52.3 Å². The van der Waals surface area contributed by atoms with Gasteiger partial charge in [-0.3, -0.25) is 4.79 Å². The molecule has 9 heteroatoms. The number of nitrogens with one attached hydrogen (secondary N) is 2. The fourth-order valence-electron chi connectivity index (χ4n) is 2.07. The zero-order valence-corrected chi connectivity index (χ0v) is 12.0. The Balaban J connectivity index is 2.04. The molecule has 0 bridgehead atoms. The molecule has 0 fully saturated rings. The van der Waals surface area contributed by atoms with E-state index in [4.69, 9.17) is 17.3 Å². The molecule has 0 unspecified atom stereocenters. The summed E-state index contributed by atoms with van der Waals surface area (Å²) in [6, 6.07) is 4.24. The maximum Gasteiger partial charge on any atom is 0.257 e. The number of aromatic nitrogens is 2. The van der Waals surface area contributed by atoms with Gasteiger partial charge in [0.05, 0.1) is 16.1 Å². The van der Waals surface area contributed by atoms with Crippen LogP contribution in [0.3, 0.4) is 0 Å². The maximum absolute atomic E-state index is 13.7. The second-order valence-corrected chi connectivity index (χ2v) is 5.06. The molecule has 0 aliphatic heterocycles. The van der Waals surface area contributed by atoms with Gasteiger partial charge >= 0.3 is 0 Å². The molecule has 4 N–H and O–H groups in total. The lowest BCUT2D eigenvalue weighted by Crippen LogP contribution is -2.13. The highest BCUT2D eigenvalue weighted by Crippen LogP contribution is 2.25. The molecule has 3 aromatic rings. The molecule has 0 aliphatic rings. The summed E-state index contributed by atoms with van der Waals surface area (Å²) < 4.78 is 40.4. The number of rotatable bonds is 2. The minimum absolute atomic E-state index is 0.0490. The summed E-state index contributed by atoms with van der Waals surface area (Å²) in [7, 11) is 0. The summed E-state index contributed by atoms with van der Waals surface area (Å²) in [4.78, 5) is 18.4. The lowest BCUT2D eigenvalue weighted by Gasteiger charge is -2.07. The van der Waals surface area contributed by atoms with Crippen molar-refractivity contribution in [2.24, 2.45) is 0 Å². The number of hydrogen-bond donors (Lipinski definition) is 3. The first-order chi connectivity index (χ1) is 10.9. The minimum atomic E-state index is -1.24. The first-order valence-corrected chi connectivity index (χ1v) is 6.64. The van der Waals surface area contributed by atoms with Gasteiger partial charge in [0.1, 0.15) is 11.3 Å². The highest BCUT2D eigenvalue weighted by Gasteiger charge is 2.20. The quantitative estimate of drug-likeness (QED) is 0.668. The first-order valence-electron chi connectivity index (χ1n) is 6.26. The normalized spacial score (nSPS) is 11.0. The van der Waals surface area contributed by atoms with Gasteiger partial charge in [-0.1, -0.05) is 11.6 Å². The number of halogens is 4. The van der Waals surface area contributed by atoms with Crippen molar-refractivity contribution in [1.82, 2.24) is 9.97 Å². The number of carbonyl (C=O) groups excluding carboxylic acids is 1. The number of imidazole rings is 1. The van der Waals surface area contributed by atoms with Crippen molar-refractivity contribution in [3.63, 3.8) is 0 Å². The van der Waals surface area contributed by atoms with Crippen LogP contribution in [0.2, 0.25) is 5.02 Å². The van der Waals surface area contributed by atoms with Crippen LogP contribution in [0.15, 0.2) is 24.3 Å². The van der Waals surface area contributed by atoms with Gasteiger partial charge in [0.15, 0.2) is 17.6 Å². The zero-order chi connectivity index (χ0) is 16.7. The predicted octanol–water partition coefficient (Wildman–Crippen LogP) is 3.47. The van der Waals surface area contributed by atoms with E-state index in [9.17, 15) is 18.0 Å². The Kier molecular flexibility index (Phi) is 3.61. The van der Waals surface area contributed by atoms with E-state index in [-0.39, 0.29) is 33.3 Å². The van der Waals surface area contributed by atoms with E-state index in [1.54, 1.807) is 0 Å². The Labute approximate surface area is 132 Å². The number of anilines is 2. The molecule has 0 saturated carbocycles. The van der Waals surface area contributed by atoms with Crippen molar-refractivity contribution >= 4 is 40.2 Å². The van der Waals surface area contributed by atoms with Gasteiger partial charge in [-0.25, -0.2) is 18.2 Å². The number of H-pyrrole nitrogens is 1. The smallest absolute Gasteiger partial charge is 0.257 e. The average molecular weight is 341 g/mol. The van der Waals surface area contributed by atoms with Gasteiger partial charge in [-0.2, -0.15) is 0 Å². The van der Waals surface area contributed by atoms with Crippen molar-refractivity contribution in [1.29, 1.82) is 0 Å². The largest absolute Gasteiger partial charge is 0.369 e. The van der Waals surface area contributed by atoms with Crippen LogP contribution in [0.1, 0.15) is 10.4 Å². The fraction of sp³-hybridized carbons (Fsp3) is 0. The van der Waals surface area contributed by atoms with Crippen molar-refractivity contribution in [2.45, 2.75) is 0 Å². The third-order valence-corrected chi connectivity index (χ3v) is 3.39. The SMILES string of the molecule is Nc1nc2c(F)c(F)cc(C(=O)Nc3ccc(F)c(Cl)c3)c2[nH]1. The third-order valence-electron chi connectivity index (χ3n) is 3.10. The van der Waals surface area contributed by atoms with Gasteiger partial charge in [-0.05, 0) is 24.3 Å². The highest BCUT2D eigenvalue weighted by atomic mass is 35.5. The second kappa shape index (κ2) is 5.47. The Morgan fingerprint density at radius 1 is 1.22 bits per heavy atom. The molecule has 1 amide bonds. The highest BCUT2D eigenvalue weighted by molar-refractivity contribution is 6.31. The monoisotopic (exact) mass is 340 g/mol. The van der Waals surface area contributed by atoms with E-state index in [1.165, 1.54) is 12.1 Å². The number of carbonyl (C=O) groups is 1. The summed E-state index contributed by atoms with van der Waals surface area (Å²) in [5.41, 5.74) is 4.97. The molecule has 1 aromatic heterocycles. The fourth-order valence-corrected chi connectivity index (χ4v) is 2.25. The van der Waals surface area contributed by atoms with Crippen molar-refractivity contribution in [2.75, 3.05) is 11.1 Å². The molecule has 23 heavy (non-hydrogen) atoms. The number of nitrogens with two attached hydrogens (primary N) is 1. The van der Waals surface area contributed by atoms with E-state index in [0.717, 1.165) is 12.1 Å². The first kappa shape index (κ1) is 15.2. The van der Waals surface area contributed by atoms with E-state index in [2.05, 4.69) is 15.3 Å². The van der Waals surface area contributed by atoms with Crippen LogP contribution >= 0.6 is 11.6 Å². The Morgan fingerprint density at radius 3 is 2.65 bits per heavy atom. The summed E-state index contributed by atoms with van der Waals surface area (Å²) in [5, 5.41) is 2.22. The van der Waals surface area contributed by atoms with Gasteiger partial charge in [0, 0.05) is 5.69 Å². The Hall–Kier alpha value is -2.74. The zero-order valence-electron chi connectivity index (χ0n) is 11.3.